The second kappa shape index (κ2) is 5.76. The monoisotopic (exact) mass is 314 g/mol. The molecule has 0 spiro atoms. The fourth-order valence-electron chi connectivity index (χ4n) is 1.63. The van der Waals surface area contributed by atoms with E-state index in [0.717, 1.165) is 0 Å². The van der Waals surface area contributed by atoms with E-state index in [4.69, 9.17) is 11.6 Å². The van der Waals surface area contributed by atoms with Gasteiger partial charge in [-0.2, -0.15) is 0 Å². The van der Waals surface area contributed by atoms with Crippen molar-refractivity contribution < 1.29 is 12.8 Å². The third kappa shape index (κ3) is 3.91. The van der Waals surface area contributed by atoms with Crippen LogP contribution in [-0.4, -0.2) is 13.4 Å². The summed E-state index contributed by atoms with van der Waals surface area (Å²) in [6, 6.07) is 6.90. The van der Waals surface area contributed by atoms with Gasteiger partial charge in [-0.1, -0.05) is 23.7 Å². The molecule has 4 nitrogen and oxygen atoms in total. The highest BCUT2D eigenvalue weighted by Crippen LogP contribution is 2.18. The van der Waals surface area contributed by atoms with Crippen LogP contribution in [0.5, 0.6) is 0 Å². The molecule has 1 aromatic heterocycles. The molecule has 0 aliphatic rings. The minimum absolute atomic E-state index is 0.241. The number of pyridine rings is 1. The van der Waals surface area contributed by atoms with Crippen molar-refractivity contribution in [3.63, 3.8) is 0 Å². The van der Waals surface area contributed by atoms with Crippen LogP contribution in [0.1, 0.15) is 11.1 Å². The van der Waals surface area contributed by atoms with E-state index in [2.05, 4.69) is 9.71 Å². The second-order valence-electron chi connectivity index (χ2n) is 4.32. The Hall–Kier alpha value is -1.66. The van der Waals surface area contributed by atoms with E-state index < -0.39 is 15.8 Å². The number of sulfonamides is 1. The summed E-state index contributed by atoms with van der Waals surface area (Å²) in [5, 5.41) is 0.325. The van der Waals surface area contributed by atoms with Crippen LogP contribution in [-0.2, 0) is 15.8 Å². The van der Waals surface area contributed by atoms with Crippen molar-refractivity contribution in [2.75, 3.05) is 4.72 Å². The highest BCUT2D eigenvalue weighted by atomic mass is 35.5. The average molecular weight is 315 g/mol. The largest absolute Gasteiger partial charge is 0.282 e. The molecule has 0 saturated heterocycles. The summed E-state index contributed by atoms with van der Waals surface area (Å²) in [6.45, 7) is 1.73. The second-order valence-corrected chi connectivity index (χ2v) is 6.40. The van der Waals surface area contributed by atoms with Crippen LogP contribution in [0.2, 0.25) is 5.15 Å². The van der Waals surface area contributed by atoms with Crippen molar-refractivity contribution in [2.24, 2.45) is 0 Å². The number of hydrogen-bond acceptors (Lipinski definition) is 3. The van der Waals surface area contributed by atoms with Crippen LogP contribution < -0.4 is 4.72 Å². The van der Waals surface area contributed by atoms with Crippen LogP contribution in [0, 0.1) is 12.7 Å². The lowest BCUT2D eigenvalue weighted by atomic mass is 10.2. The first-order chi connectivity index (χ1) is 9.35. The first kappa shape index (κ1) is 14.7. The first-order valence-electron chi connectivity index (χ1n) is 5.73. The first-order valence-corrected chi connectivity index (χ1v) is 7.76. The Kier molecular flexibility index (Phi) is 4.25. The molecule has 1 N–H and O–H groups in total. The summed E-state index contributed by atoms with van der Waals surface area (Å²) in [5.74, 6) is -0.647. The molecular formula is C13H12ClFN2O2S. The number of halogens is 2. The molecule has 20 heavy (non-hydrogen) atoms. The Morgan fingerprint density at radius 3 is 2.55 bits per heavy atom. The molecule has 0 aliphatic heterocycles. The molecule has 0 aliphatic carbocycles. The molecule has 7 heteroatoms. The van der Waals surface area contributed by atoms with Gasteiger partial charge in [0.1, 0.15) is 11.0 Å². The highest BCUT2D eigenvalue weighted by Gasteiger charge is 2.12. The van der Waals surface area contributed by atoms with Gasteiger partial charge in [0.2, 0.25) is 10.0 Å². The van der Waals surface area contributed by atoms with Gasteiger partial charge in [-0.05, 0) is 36.2 Å². The Morgan fingerprint density at radius 1 is 1.30 bits per heavy atom. The van der Waals surface area contributed by atoms with E-state index in [9.17, 15) is 12.8 Å². The van der Waals surface area contributed by atoms with Gasteiger partial charge in [0.05, 0.1) is 17.6 Å². The molecule has 0 saturated carbocycles. The van der Waals surface area contributed by atoms with Crippen molar-refractivity contribution in [3.05, 3.63) is 58.6 Å². The molecule has 2 rings (SSSR count). The Morgan fingerprint density at radius 2 is 1.95 bits per heavy atom. The predicted octanol–water partition coefficient (Wildman–Crippen LogP) is 3.12. The molecule has 0 fully saturated rings. The standard InChI is InChI=1S/C13H12ClFN2O2S/c1-9-6-12(7-16-13(9)14)17-20(18,19)8-10-2-4-11(15)5-3-10/h2-7,17H,8H2,1H3. The zero-order valence-electron chi connectivity index (χ0n) is 10.6. The number of rotatable bonds is 4. The van der Waals surface area contributed by atoms with E-state index in [1.807, 2.05) is 0 Å². The van der Waals surface area contributed by atoms with Gasteiger partial charge in [0.15, 0.2) is 0 Å². The molecule has 0 radical (unpaired) electrons. The summed E-state index contributed by atoms with van der Waals surface area (Å²) in [7, 11) is -3.59. The van der Waals surface area contributed by atoms with Crippen LogP contribution in [0.3, 0.4) is 0 Å². The van der Waals surface area contributed by atoms with E-state index in [0.29, 0.717) is 22.0 Å². The number of nitrogens with zero attached hydrogens (tertiary/aromatic N) is 1. The zero-order valence-corrected chi connectivity index (χ0v) is 12.2. The maximum Gasteiger partial charge on any atom is 0.236 e. The number of aryl methyl sites for hydroxylation is 1. The predicted molar refractivity (Wildman–Crippen MR) is 76.6 cm³/mol. The van der Waals surface area contributed by atoms with E-state index in [1.54, 1.807) is 13.0 Å². The highest BCUT2D eigenvalue weighted by molar-refractivity contribution is 7.91. The van der Waals surface area contributed by atoms with Crippen molar-refractivity contribution in [1.82, 2.24) is 4.98 Å². The maximum atomic E-state index is 12.8. The minimum atomic E-state index is -3.59. The molecule has 106 valence electrons. The molecule has 2 aromatic rings. The van der Waals surface area contributed by atoms with Crippen LogP contribution in [0.4, 0.5) is 10.1 Å². The Labute approximate surface area is 121 Å². The zero-order chi connectivity index (χ0) is 14.8. The summed E-state index contributed by atoms with van der Waals surface area (Å²) in [5.41, 5.74) is 1.51. The number of benzene rings is 1. The van der Waals surface area contributed by atoms with Gasteiger partial charge < -0.3 is 0 Å². The lowest BCUT2D eigenvalue weighted by molar-refractivity contribution is 0.600. The molecule has 0 unspecified atom stereocenters. The Balaban J connectivity index is 2.14. The smallest absolute Gasteiger partial charge is 0.236 e. The van der Waals surface area contributed by atoms with Gasteiger partial charge in [0.25, 0.3) is 0 Å². The van der Waals surface area contributed by atoms with Crippen LogP contribution in [0.25, 0.3) is 0 Å². The lowest BCUT2D eigenvalue weighted by Gasteiger charge is -2.09. The average Bonchev–Trinajstić information content (AvgIpc) is 2.36. The third-order valence-electron chi connectivity index (χ3n) is 2.56. The number of aromatic nitrogens is 1. The molecule has 0 atom stereocenters. The van der Waals surface area contributed by atoms with Gasteiger partial charge in [-0.15, -0.1) is 0 Å². The van der Waals surface area contributed by atoms with Crippen molar-refractivity contribution in [3.8, 4) is 0 Å². The van der Waals surface area contributed by atoms with E-state index in [1.165, 1.54) is 30.5 Å². The van der Waals surface area contributed by atoms with Gasteiger partial charge in [0, 0.05) is 0 Å². The third-order valence-corrected chi connectivity index (χ3v) is 4.21. The summed E-state index contributed by atoms with van der Waals surface area (Å²) in [6.07, 6.45) is 1.34. The Bertz CT molecular complexity index is 718. The molecule has 1 aromatic carbocycles. The van der Waals surface area contributed by atoms with E-state index in [-0.39, 0.29) is 5.75 Å². The van der Waals surface area contributed by atoms with Crippen LogP contribution in [0.15, 0.2) is 36.5 Å². The number of anilines is 1. The molecular weight excluding hydrogens is 303 g/mol. The molecule has 1 heterocycles. The lowest BCUT2D eigenvalue weighted by Crippen LogP contribution is -2.15. The molecule has 0 amide bonds. The summed E-state index contributed by atoms with van der Waals surface area (Å²) >= 11 is 5.77. The van der Waals surface area contributed by atoms with Gasteiger partial charge >= 0.3 is 0 Å². The fourth-order valence-corrected chi connectivity index (χ4v) is 2.91. The maximum absolute atomic E-state index is 12.8. The van der Waals surface area contributed by atoms with Crippen molar-refractivity contribution in [2.45, 2.75) is 12.7 Å². The number of nitrogens with one attached hydrogen (secondary N) is 1. The van der Waals surface area contributed by atoms with Crippen LogP contribution >= 0.6 is 11.6 Å². The SMILES string of the molecule is Cc1cc(NS(=O)(=O)Cc2ccc(F)cc2)cnc1Cl. The quantitative estimate of drug-likeness (QED) is 0.882. The minimum Gasteiger partial charge on any atom is -0.282 e. The number of hydrogen-bond donors (Lipinski definition) is 1. The van der Waals surface area contributed by atoms with Crippen molar-refractivity contribution in [1.29, 1.82) is 0 Å². The van der Waals surface area contributed by atoms with Gasteiger partial charge in [-0.3, -0.25) is 4.72 Å². The summed E-state index contributed by atoms with van der Waals surface area (Å²) in [4.78, 5) is 3.87. The fraction of sp³-hybridized carbons (Fsp3) is 0.154. The topological polar surface area (TPSA) is 59.1 Å². The normalized spacial score (nSPS) is 11.3. The summed E-state index contributed by atoms with van der Waals surface area (Å²) < 4.78 is 39.1. The van der Waals surface area contributed by atoms with Crippen molar-refractivity contribution >= 4 is 27.3 Å². The molecule has 0 bridgehead atoms. The van der Waals surface area contributed by atoms with Gasteiger partial charge in [-0.25, -0.2) is 17.8 Å². The van der Waals surface area contributed by atoms with E-state index >= 15 is 0 Å².